The zero-order valence-corrected chi connectivity index (χ0v) is 20.3. The van der Waals surface area contributed by atoms with E-state index < -0.39 is 0 Å². The minimum atomic E-state index is -0.283. The number of rotatable bonds is 10. The van der Waals surface area contributed by atoms with Gasteiger partial charge in [-0.05, 0) is 52.7 Å². The van der Waals surface area contributed by atoms with Crippen LogP contribution in [0.2, 0.25) is 0 Å². The number of benzene rings is 2. The topological polar surface area (TPSA) is 42.5 Å². The van der Waals surface area contributed by atoms with Gasteiger partial charge in [0, 0.05) is 24.2 Å². The lowest BCUT2D eigenvalue weighted by Gasteiger charge is -2.25. The highest BCUT2D eigenvalue weighted by atomic mass is 16.7. The van der Waals surface area contributed by atoms with Gasteiger partial charge < -0.3 is 20.1 Å². The number of nitrogens with one attached hydrogen (secondary N) is 2. The molecule has 0 saturated heterocycles. The van der Waals surface area contributed by atoms with Crippen molar-refractivity contribution in [2.24, 2.45) is 0 Å². The highest BCUT2D eigenvalue weighted by Crippen LogP contribution is 2.09. The molecule has 0 aromatic heterocycles. The molecule has 0 aliphatic heterocycles. The molecule has 4 nitrogen and oxygen atoms in total. The lowest BCUT2D eigenvalue weighted by molar-refractivity contribution is -0.155. The summed E-state index contributed by atoms with van der Waals surface area (Å²) in [6, 6.07) is 20.3. The van der Waals surface area contributed by atoms with E-state index >= 15 is 0 Å². The minimum absolute atomic E-state index is 0.0322. The van der Waals surface area contributed by atoms with E-state index in [1.165, 1.54) is 0 Å². The molecule has 0 bridgehead atoms. The van der Waals surface area contributed by atoms with Crippen LogP contribution in [-0.4, -0.2) is 30.5 Å². The molecule has 2 rings (SSSR count). The van der Waals surface area contributed by atoms with Gasteiger partial charge in [0.25, 0.3) is 0 Å². The van der Waals surface area contributed by atoms with Crippen LogP contribution in [0.4, 0.5) is 0 Å². The van der Waals surface area contributed by atoms with E-state index in [1.54, 1.807) is 0 Å². The monoisotopic (exact) mass is 426 g/mol. The van der Waals surface area contributed by atoms with Gasteiger partial charge in [-0.3, -0.25) is 0 Å². The maximum Gasteiger partial charge on any atom is 0.170 e. The van der Waals surface area contributed by atoms with Gasteiger partial charge in [-0.2, -0.15) is 0 Å². The summed E-state index contributed by atoms with van der Waals surface area (Å²) in [6.45, 7) is 19.1. The fourth-order valence-electron chi connectivity index (χ4n) is 2.46. The van der Waals surface area contributed by atoms with Crippen molar-refractivity contribution in [1.82, 2.24) is 10.6 Å². The normalized spacial score (nSPS) is 11.7. The molecule has 0 heterocycles. The van der Waals surface area contributed by atoms with Crippen molar-refractivity contribution >= 4 is 0 Å². The van der Waals surface area contributed by atoms with Gasteiger partial charge in [-0.25, -0.2) is 0 Å². The Morgan fingerprint density at radius 2 is 1.16 bits per heavy atom. The second kappa shape index (κ2) is 14.2. The summed E-state index contributed by atoms with van der Waals surface area (Å²) in [6.07, 6.45) is 1.58. The SMILES string of the molecule is C=CCNC(C)(C)C.CC(C)(C)NCC(OCc1ccccc1)OCc1ccccc1. The van der Waals surface area contributed by atoms with Gasteiger partial charge in [0.2, 0.25) is 0 Å². The Morgan fingerprint density at radius 3 is 1.48 bits per heavy atom. The van der Waals surface area contributed by atoms with E-state index in [9.17, 15) is 0 Å². The van der Waals surface area contributed by atoms with Crippen LogP contribution < -0.4 is 10.6 Å². The van der Waals surface area contributed by atoms with Crippen LogP contribution in [-0.2, 0) is 22.7 Å². The molecule has 0 saturated carbocycles. The van der Waals surface area contributed by atoms with Gasteiger partial charge in [0.05, 0.1) is 13.2 Å². The van der Waals surface area contributed by atoms with E-state index in [4.69, 9.17) is 9.47 Å². The Hall–Kier alpha value is -1.98. The lowest BCUT2D eigenvalue weighted by atomic mass is 10.1. The molecule has 0 aliphatic rings. The zero-order chi connectivity index (χ0) is 23.2. The van der Waals surface area contributed by atoms with Gasteiger partial charge in [0.15, 0.2) is 6.29 Å². The molecule has 172 valence electrons. The minimum Gasteiger partial charge on any atom is -0.347 e. The highest BCUT2D eigenvalue weighted by molar-refractivity contribution is 5.14. The molecule has 0 spiro atoms. The molecule has 0 unspecified atom stereocenters. The Balaban J connectivity index is 0.000000512. The van der Waals surface area contributed by atoms with Crippen LogP contribution in [0.1, 0.15) is 52.7 Å². The molecular weight excluding hydrogens is 384 g/mol. The van der Waals surface area contributed by atoms with Crippen molar-refractivity contribution in [2.75, 3.05) is 13.1 Å². The summed E-state index contributed by atoms with van der Waals surface area (Å²) in [5.74, 6) is 0. The molecule has 4 heteroatoms. The largest absolute Gasteiger partial charge is 0.347 e. The van der Waals surface area contributed by atoms with Crippen LogP contribution in [0.5, 0.6) is 0 Å². The summed E-state index contributed by atoms with van der Waals surface area (Å²) in [5.41, 5.74) is 2.56. The van der Waals surface area contributed by atoms with Crippen LogP contribution in [0.15, 0.2) is 73.3 Å². The molecule has 0 radical (unpaired) electrons. The van der Waals surface area contributed by atoms with E-state index in [1.807, 2.05) is 42.5 Å². The average molecular weight is 427 g/mol. The Morgan fingerprint density at radius 1 is 0.742 bits per heavy atom. The van der Waals surface area contributed by atoms with E-state index in [0.717, 1.165) is 17.7 Å². The van der Waals surface area contributed by atoms with Gasteiger partial charge in [-0.1, -0.05) is 66.7 Å². The maximum atomic E-state index is 5.96. The summed E-state index contributed by atoms with van der Waals surface area (Å²) in [7, 11) is 0. The highest BCUT2D eigenvalue weighted by Gasteiger charge is 2.15. The quantitative estimate of drug-likeness (QED) is 0.378. The Kier molecular flexibility index (Phi) is 12.4. The van der Waals surface area contributed by atoms with E-state index in [-0.39, 0.29) is 17.4 Å². The molecule has 0 aliphatic carbocycles. The third-order valence-electron chi connectivity index (χ3n) is 4.13. The second-order valence-electron chi connectivity index (χ2n) is 9.57. The smallest absolute Gasteiger partial charge is 0.170 e. The molecule has 31 heavy (non-hydrogen) atoms. The van der Waals surface area contributed by atoms with Gasteiger partial charge in [-0.15, -0.1) is 6.58 Å². The first-order valence-corrected chi connectivity index (χ1v) is 11.0. The summed E-state index contributed by atoms with van der Waals surface area (Å²) >= 11 is 0. The third kappa shape index (κ3) is 15.5. The molecule has 2 aromatic rings. The summed E-state index contributed by atoms with van der Waals surface area (Å²) in [4.78, 5) is 0. The van der Waals surface area contributed by atoms with Gasteiger partial charge in [0.1, 0.15) is 0 Å². The van der Waals surface area contributed by atoms with Gasteiger partial charge >= 0.3 is 0 Å². The molecular formula is C27H42N2O2. The number of ether oxygens (including phenoxy) is 2. The van der Waals surface area contributed by atoms with Crippen molar-refractivity contribution in [3.8, 4) is 0 Å². The van der Waals surface area contributed by atoms with Crippen LogP contribution in [0.25, 0.3) is 0 Å². The number of hydrogen-bond acceptors (Lipinski definition) is 4. The Labute approximate surface area is 190 Å². The first kappa shape index (κ1) is 27.1. The predicted molar refractivity (Wildman–Crippen MR) is 132 cm³/mol. The average Bonchev–Trinajstić information content (AvgIpc) is 2.72. The third-order valence-corrected chi connectivity index (χ3v) is 4.13. The fourth-order valence-corrected chi connectivity index (χ4v) is 2.46. The van der Waals surface area contributed by atoms with Crippen LogP contribution in [0, 0.1) is 0 Å². The van der Waals surface area contributed by atoms with E-state index in [2.05, 4.69) is 83.0 Å². The first-order chi connectivity index (χ1) is 14.6. The maximum absolute atomic E-state index is 5.96. The Bertz CT molecular complexity index is 660. The predicted octanol–water partition coefficient (Wildman–Crippen LogP) is 5.69. The fraction of sp³-hybridized carbons (Fsp3) is 0.481. The van der Waals surface area contributed by atoms with Crippen molar-refractivity contribution in [2.45, 2.75) is 72.1 Å². The van der Waals surface area contributed by atoms with Crippen molar-refractivity contribution < 1.29 is 9.47 Å². The first-order valence-electron chi connectivity index (χ1n) is 11.0. The van der Waals surface area contributed by atoms with Crippen molar-refractivity contribution in [1.29, 1.82) is 0 Å². The lowest BCUT2D eigenvalue weighted by Crippen LogP contribution is -2.42. The van der Waals surface area contributed by atoms with E-state index in [0.29, 0.717) is 19.8 Å². The molecule has 0 atom stereocenters. The summed E-state index contributed by atoms with van der Waals surface area (Å²) in [5, 5.41) is 6.70. The van der Waals surface area contributed by atoms with Crippen molar-refractivity contribution in [3.63, 3.8) is 0 Å². The molecule has 2 N–H and O–H groups in total. The molecule has 2 aromatic carbocycles. The zero-order valence-electron chi connectivity index (χ0n) is 20.3. The van der Waals surface area contributed by atoms with Crippen LogP contribution in [0.3, 0.4) is 0 Å². The number of hydrogen-bond donors (Lipinski definition) is 2. The molecule has 0 amide bonds. The standard InChI is InChI=1S/C20H27NO2.C7H15N/c1-20(2,3)21-14-19(22-15-17-10-6-4-7-11-17)23-16-18-12-8-5-9-13-18;1-5-6-8-7(2,3)4/h4-13,19,21H,14-16H2,1-3H3;5,8H,1,6H2,2-4H3. The molecule has 0 fully saturated rings. The van der Waals surface area contributed by atoms with Crippen molar-refractivity contribution in [3.05, 3.63) is 84.4 Å². The van der Waals surface area contributed by atoms with Crippen LogP contribution >= 0.6 is 0 Å². The second-order valence-corrected chi connectivity index (χ2v) is 9.57. The summed E-state index contributed by atoms with van der Waals surface area (Å²) < 4.78 is 11.9.